The van der Waals surface area contributed by atoms with Crippen molar-refractivity contribution in [3.63, 3.8) is 0 Å². The molecule has 2 aromatic heterocycles. The van der Waals surface area contributed by atoms with Gasteiger partial charge >= 0.3 is 0 Å². The van der Waals surface area contributed by atoms with E-state index >= 15 is 0 Å². The molecule has 0 atom stereocenters. The molecule has 0 aliphatic carbocycles. The second kappa shape index (κ2) is 5.54. The van der Waals surface area contributed by atoms with Crippen LogP contribution in [0.2, 0.25) is 0 Å². The molecule has 0 fully saturated rings. The van der Waals surface area contributed by atoms with Gasteiger partial charge in [0.15, 0.2) is 5.65 Å². The molecule has 21 heavy (non-hydrogen) atoms. The first-order valence-corrected chi connectivity index (χ1v) is 6.79. The first kappa shape index (κ1) is 13.6. The highest BCUT2D eigenvalue weighted by atomic mass is 79.9. The molecule has 5 N–H and O–H groups in total. The van der Waals surface area contributed by atoms with Gasteiger partial charge < -0.3 is 10.1 Å². The second-order valence-electron chi connectivity index (χ2n) is 4.15. The van der Waals surface area contributed by atoms with E-state index in [1.165, 1.54) is 0 Å². The molecule has 3 aromatic rings. The molecule has 0 amide bonds. The number of aromatic amines is 1. The van der Waals surface area contributed by atoms with Crippen molar-refractivity contribution in [2.75, 3.05) is 17.9 Å². The fraction of sp³-hybridized carbons (Fsp3) is 0.0833. The van der Waals surface area contributed by atoms with Crippen LogP contribution in [0, 0.1) is 0 Å². The average Bonchev–Trinajstić information content (AvgIpc) is 2.96. The maximum atomic E-state index is 5.37. The maximum absolute atomic E-state index is 5.37. The van der Waals surface area contributed by atoms with Crippen LogP contribution < -0.4 is 21.3 Å². The van der Waals surface area contributed by atoms with Crippen LogP contribution in [0.5, 0.6) is 5.75 Å². The number of halogens is 1. The largest absolute Gasteiger partial charge is 0.496 e. The highest BCUT2D eigenvalue weighted by Crippen LogP contribution is 2.30. The van der Waals surface area contributed by atoms with Gasteiger partial charge in [0.1, 0.15) is 11.6 Å². The summed E-state index contributed by atoms with van der Waals surface area (Å²) in [5.41, 5.74) is 3.86. The van der Waals surface area contributed by atoms with E-state index in [0.717, 1.165) is 21.3 Å². The lowest BCUT2D eigenvalue weighted by Crippen LogP contribution is -2.11. The van der Waals surface area contributed by atoms with Gasteiger partial charge in [-0.3, -0.25) is 10.5 Å². The Hall–Kier alpha value is -2.39. The van der Waals surface area contributed by atoms with Gasteiger partial charge in [0.25, 0.3) is 0 Å². The quantitative estimate of drug-likeness (QED) is 0.421. The minimum absolute atomic E-state index is 0.293. The summed E-state index contributed by atoms with van der Waals surface area (Å²) in [5.74, 6) is 7.01. The zero-order chi connectivity index (χ0) is 14.8. The van der Waals surface area contributed by atoms with E-state index in [2.05, 4.69) is 46.8 Å². The van der Waals surface area contributed by atoms with Gasteiger partial charge in [0.05, 0.1) is 23.2 Å². The van der Waals surface area contributed by atoms with Crippen molar-refractivity contribution >= 4 is 44.4 Å². The van der Waals surface area contributed by atoms with Crippen molar-refractivity contribution in [3.8, 4) is 5.75 Å². The van der Waals surface area contributed by atoms with Gasteiger partial charge in [-0.25, -0.2) is 5.84 Å². The van der Waals surface area contributed by atoms with Crippen LogP contribution >= 0.6 is 15.9 Å². The zero-order valence-electron chi connectivity index (χ0n) is 11.0. The number of nitrogen functional groups attached to an aromatic ring is 1. The van der Waals surface area contributed by atoms with Crippen molar-refractivity contribution < 1.29 is 4.74 Å². The molecule has 2 heterocycles. The summed E-state index contributed by atoms with van der Waals surface area (Å²) in [7, 11) is 1.62. The molecular weight excluding hydrogens is 338 g/mol. The molecule has 0 saturated heterocycles. The maximum Gasteiger partial charge on any atom is 0.241 e. The number of benzene rings is 1. The molecule has 3 rings (SSSR count). The topological polar surface area (TPSA) is 114 Å². The molecule has 0 saturated carbocycles. The van der Waals surface area contributed by atoms with Gasteiger partial charge in [0.2, 0.25) is 5.95 Å². The number of anilines is 3. The number of methoxy groups -OCH3 is 1. The van der Waals surface area contributed by atoms with Crippen LogP contribution in [0.3, 0.4) is 0 Å². The summed E-state index contributed by atoms with van der Waals surface area (Å²) in [6.07, 6.45) is 1.65. The average molecular weight is 350 g/mol. The lowest BCUT2D eigenvalue weighted by atomic mass is 10.3. The number of hydrogen-bond acceptors (Lipinski definition) is 7. The molecule has 108 valence electrons. The predicted molar refractivity (Wildman–Crippen MR) is 83.5 cm³/mol. The third-order valence-electron chi connectivity index (χ3n) is 2.85. The minimum Gasteiger partial charge on any atom is -0.496 e. The first-order valence-electron chi connectivity index (χ1n) is 5.99. The van der Waals surface area contributed by atoms with Gasteiger partial charge in [-0.15, -0.1) is 0 Å². The Labute approximate surface area is 128 Å². The summed E-state index contributed by atoms with van der Waals surface area (Å²) in [5, 5.41) is 10.7. The molecule has 0 spiro atoms. The SMILES string of the molecule is COc1ccc(Nc2nc(NN)nc3[nH]ncc23)cc1Br. The Morgan fingerprint density at radius 3 is 2.90 bits per heavy atom. The number of fused-ring (bicyclic) bond motifs is 1. The number of hydrazine groups is 1. The molecule has 0 bridgehead atoms. The molecular formula is C12H12BrN7O. The number of ether oxygens (including phenoxy) is 1. The Bertz CT molecular complexity index is 788. The molecule has 9 heteroatoms. The second-order valence-corrected chi connectivity index (χ2v) is 5.00. The molecule has 0 aliphatic rings. The summed E-state index contributed by atoms with van der Waals surface area (Å²) in [4.78, 5) is 8.46. The van der Waals surface area contributed by atoms with Crippen LogP contribution in [0.1, 0.15) is 0 Å². The molecule has 8 nitrogen and oxygen atoms in total. The number of nitrogens with one attached hydrogen (secondary N) is 3. The lowest BCUT2D eigenvalue weighted by molar-refractivity contribution is 0.412. The molecule has 0 radical (unpaired) electrons. The Kier molecular flexibility index (Phi) is 3.59. The number of nitrogens with two attached hydrogens (primary N) is 1. The van der Waals surface area contributed by atoms with Crippen molar-refractivity contribution in [2.45, 2.75) is 0 Å². The van der Waals surface area contributed by atoms with Crippen molar-refractivity contribution in [3.05, 3.63) is 28.9 Å². The van der Waals surface area contributed by atoms with Gasteiger partial charge in [-0.05, 0) is 34.1 Å². The first-order chi connectivity index (χ1) is 10.2. The number of aromatic nitrogens is 4. The monoisotopic (exact) mass is 349 g/mol. The van der Waals surface area contributed by atoms with Crippen LogP contribution in [0.15, 0.2) is 28.9 Å². The molecule has 0 aliphatic heterocycles. The van der Waals surface area contributed by atoms with Crippen LogP contribution in [0.4, 0.5) is 17.5 Å². The number of rotatable bonds is 4. The fourth-order valence-corrected chi connectivity index (χ4v) is 2.42. The highest BCUT2D eigenvalue weighted by Gasteiger charge is 2.10. The van der Waals surface area contributed by atoms with Gasteiger partial charge in [-0.1, -0.05) is 0 Å². The van der Waals surface area contributed by atoms with E-state index in [-0.39, 0.29) is 0 Å². The van der Waals surface area contributed by atoms with Crippen LogP contribution in [0.25, 0.3) is 11.0 Å². The highest BCUT2D eigenvalue weighted by molar-refractivity contribution is 9.10. The van der Waals surface area contributed by atoms with E-state index in [9.17, 15) is 0 Å². The Balaban J connectivity index is 2.01. The Morgan fingerprint density at radius 2 is 2.19 bits per heavy atom. The summed E-state index contributed by atoms with van der Waals surface area (Å²) in [6, 6.07) is 5.62. The fourth-order valence-electron chi connectivity index (χ4n) is 1.88. The van der Waals surface area contributed by atoms with Crippen molar-refractivity contribution in [2.24, 2.45) is 5.84 Å². The van der Waals surface area contributed by atoms with Crippen LogP contribution in [-0.4, -0.2) is 27.3 Å². The van der Waals surface area contributed by atoms with E-state index in [1.807, 2.05) is 18.2 Å². The van der Waals surface area contributed by atoms with Gasteiger partial charge in [0, 0.05) is 5.69 Å². The third kappa shape index (κ3) is 2.60. The summed E-state index contributed by atoms with van der Waals surface area (Å²) < 4.78 is 6.04. The third-order valence-corrected chi connectivity index (χ3v) is 3.47. The van der Waals surface area contributed by atoms with E-state index in [4.69, 9.17) is 10.6 Å². The van der Waals surface area contributed by atoms with E-state index < -0.39 is 0 Å². The zero-order valence-corrected chi connectivity index (χ0v) is 12.6. The summed E-state index contributed by atoms with van der Waals surface area (Å²) >= 11 is 3.44. The van der Waals surface area contributed by atoms with Crippen molar-refractivity contribution in [1.82, 2.24) is 20.2 Å². The van der Waals surface area contributed by atoms with Crippen LogP contribution in [-0.2, 0) is 0 Å². The van der Waals surface area contributed by atoms with E-state index in [1.54, 1.807) is 13.3 Å². The smallest absolute Gasteiger partial charge is 0.241 e. The Morgan fingerprint density at radius 1 is 1.33 bits per heavy atom. The molecule has 1 aromatic carbocycles. The molecule has 0 unspecified atom stereocenters. The predicted octanol–water partition coefficient (Wildman–Crippen LogP) is 2.15. The standard InChI is InChI=1S/C12H12BrN7O/c1-21-9-3-2-6(4-8(9)13)16-10-7-5-15-20-11(7)18-12(17-10)19-14/h2-5H,14H2,1H3,(H3,15,16,17,18,19,20). The lowest BCUT2D eigenvalue weighted by Gasteiger charge is -2.10. The minimum atomic E-state index is 0.293. The number of hydrogen-bond donors (Lipinski definition) is 4. The van der Waals surface area contributed by atoms with E-state index in [0.29, 0.717) is 17.4 Å². The summed E-state index contributed by atoms with van der Waals surface area (Å²) in [6.45, 7) is 0. The normalized spacial score (nSPS) is 10.6. The van der Waals surface area contributed by atoms with Crippen molar-refractivity contribution in [1.29, 1.82) is 0 Å². The number of H-pyrrole nitrogens is 1. The van der Waals surface area contributed by atoms with Gasteiger partial charge in [-0.2, -0.15) is 15.1 Å². The number of nitrogens with zero attached hydrogens (tertiary/aromatic N) is 3.